The Morgan fingerprint density at radius 3 is 2.65 bits per heavy atom. The predicted octanol–water partition coefficient (Wildman–Crippen LogP) is 3.75. The van der Waals surface area contributed by atoms with E-state index in [-0.39, 0.29) is 5.41 Å². The Balaban J connectivity index is 2.71. The molecule has 3 nitrogen and oxygen atoms in total. The van der Waals surface area contributed by atoms with Crippen molar-refractivity contribution in [1.29, 1.82) is 0 Å². The number of halogens is 1. The van der Waals surface area contributed by atoms with Crippen molar-refractivity contribution in [3.63, 3.8) is 0 Å². The molecule has 0 unspecified atom stereocenters. The SMILES string of the molecule is CCOc1ccc(Br)cc1C(C)(C)CCNCCOC. The van der Waals surface area contributed by atoms with Crippen LogP contribution in [0.2, 0.25) is 0 Å². The molecule has 0 amide bonds. The van der Waals surface area contributed by atoms with Crippen molar-refractivity contribution in [3.05, 3.63) is 28.2 Å². The van der Waals surface area contributed by atoms with E-state index < -0.39 is 0 Å². The van der Waals surface area contributed by atoms with Crippen LogP contribution in [-0.2, 0) is 10.2 Å². The van der Waals surface area contributed by atoms with Crippen LogP contribution in [0.25, 0.3) is 0 Å². The highest BCUT2D eigenvalue weighted by Crippen LogP contribution is 2.36. The zero-order valence-electron chi connectivity index (χ0n) is 13.0. The second kappa shape index (κ2) is 8.65. The molecular weight excluding hydrogens is 318 g/mol. The summed E-state index contributed by atoms with van der Waals surface area (Å²) in [7, 11) is 1.72. The molecule has 0 atom stereocenters. The number of hydrogen-bond acceptors (Lipinski definition) is 3. The van der Waals surface area contributed by atoms with E-state index in [1.54, 1.807) is 7.11 Å². The standard InChI is InChI=1S/C16H26BrNO2/c1-5-20-15-7-6-13(17)12-14(15)16(2,3)8-9-18-10-11-19-4/h6-7,12,18H,5,8-11H2,1-4H3. The van der Waals surface area contributed by atoms with Crippen molar-refractivity contribution < 1.29 is 9.47 Å². The van der Waals surface area contributed by atoms with Crippen molar-refractivity contribution in [2.45, 2.75) is 32.6 Å². The topological polar surface area (TPSA) is 30.5 Å². The maximum absolute atomic E-state index is 5.76. The molecule has 0 radical (unpaired) electrons. The van der Waals surface area contributed by atoms with Gasteiger partial charge in [-0.15, -0.1) is 0 Å². The molecular formula is C16H26BrNO2. The van der Waals surface area contributed by atoms with E-state index in [9.17, 15) is 0 Å². The summed E-state index contributed by atoms with van der Waals surface area (Å²) in [6.07, 6.45) is 1.05. The minimum atomic E-state index is 0.0638. The average Bonchev–Trinajstić information content (AvgIpc) is 2.40. The lowest BCUT2D eigenvalue weighted by molar-refractivity contribution is 0.198. The van der Waals surface area contributed by atoms with Crippen LogP contribution in [0.4, 0.5) is 0 Å². The molecule has 0 bridgehead atoms. The smallest absolute Gasteiger partial charge is 0.123 e. The Kier molecular flexibility index (Phi) is 7.56. The highest BCUT2D eigenvalue weighted by molar-refractivity contribution is 9.10. The van der Waals surface area contributed by atoms with Gasteiger partial charge in [0.25, 0.3) is 0 Å². The van der Waals surface area contributed by atoms with Crippen molar-refractivity contribution in [2.75, 3.05) is 33.4 Å². The molecule has 4 heteroatoms. The molecule has 0 saturated carbocycles. The summed E-state index contributed by atoms with van der Waals surface area (Å²) in [5.74, 6) is 0.984. The zero-order valence-corrected chi connectivity index (χ0v) is 14.5. The number of rotatable bonds is 9. The summed E-state index contributed by atoms with van der Waals surface area (Å²) in [5.41, 5.74) is 1.32. The fraction of sp³-hybridized carbons (Fsp3) is 0.625. The molecule has 0 aliphatic carbocycles. The van der Waals surface area contributed by atoms with Gasteiger partial charge in [0.2, 0.25) is 0 Å². The van der Waals surface area contributed by atoms with E-state index in [0.717, 1.165) is 36.3 Å². The molecule has 1 aromatic rings. The molecule has 0 aliphatic rings. The highest BCUT2D eigenvalue weighted by atomic mass is 79.9. The lowest BCUT2D eigenvalue weighted by Crippen LogP contribution is -2.28. The summed E-state index contributed by atoms with van der Waals surface area (Å²) < 4.78 is 11.9. The molecule has 0 fully saturated rings. The Labute approximate surface area is 131 Å². The van der Waals surface area contributed by atoms with Crippen molar-refractivity contribution in [1.82, 2.24) is 5.32 Å². The van der Waals surface area contributed by atoms with Crippen LogP contribution < -0.4 is 10.1 Å². The van der Waals surface area contributed by atoms with Crippen LogP contribution >= 0.6 is 15.9 Å². The first kappa shape index (κ1) is 17.5. The number of ether oxygens (including phenoxy) is 2. The van der Waals surface area contributed by atoms with Crippen LogP contribution in [0.5, 0.6) is 5.75 Å². The summed E-state index contributed by atoms with van der Waals surface area (Å²) in [6.45, 7) is 9.84. The van der Waals surface area contributed by atoms with Gasteiger partial charge in [-0.2, -0.15) is 0 Å². The summed E-state index contributed by atoms with van der Waals surface area (Å²) in [5, 5.41) is 3.40. The number of nitrogens with one attached hydrogen (secondary N) is 1. The predicted molar refractivity (Wildman–Crippen MR) is 87.7 cm³/mol. The second-order valence-corrected chi connectivity index (χ2v) is 6.37. The lowest BCUT2D eigenvalue weighted by atomic mass is 9.81. The number of benzene rings is 1. The molecule has 0 spiro atoms. The molecule has 0 aromatic heterocycles. The monoisotopic (exact) mass is 343 g/mol. The average molecular weight is 344 g/mol. The zero-order chi connectivity index (χ0) is 15.0. The first-order valence-electron chi connectivity index (χ1n) is 7.13. The maximum atomic E-state index is 5.76. The minimum absolute atomic E-state index is 0.0638. The lowest BCUT2D eigenvalue weighted by Gasteiger charge is -2.28. The fourth-order valence-electron chi connectivity index (χ4n) is 2.15. The van der Waals surface area contributed by atoms with Gasteiger partial charge in [-0.1, -0.05) is 29.8 Å². The van der Waals surface area contributed by atoms with Gasteiger partial charge in [0.1, 0.15) is 5.75 Å². The number of methoxy groups -OCH3 is 1. The van der Waals surface area contributed by atoms with Gasteiger partial charge in [0.05, 0.1) is 13.2 Å². The second-order valence-electron chi connectivity index (χ2n) is 5.45. The third-order valence-electron chi connectivity index (χ3n) is 3.38. The van der Waals surface area contributed by atoms with Crippen LogP contribution in [0.3, 0.4) is 0 Å². The minimum Gasteiger partial charge on any atom is -0.494 e. The Hall–Kier alpha value is -0.580. The molecule has 1 rings (SSSR count). The molecule has 1 N–H and O–H groups in total. The van der Waals surface area contributed by atoms with E-state index in [1.807, 2.05) is 19.1 Å². The molecule has 0 saturated heterocycles. The normalized spacial score (nSPS) is 11.7. The van der Waals surface area contributed by atoms with Gasteiger partial charge >= 0.3 is 0 Å². The van der Waals surface area contributed by atoms with Gasteiger partial charge in [0, 0.05) is 23.7 Å². The van der Waals surface area contributed by atoms with Crippen LogP contribution in [0, 0.1) is 0 Å². The van der Waals surface area contributed by atoms with E-state index in [1.165, 1.54) is 5.56 Å². The molecule has 114 valence electrons. The maximum Gasteiger partial charge on any atom is 0.123 e. The van der Waals surface area contributed by atoms with Gasteiger partial charge in [0.15, 0.2) is 0 Å². The van der Waals surface area contributed by atoms with Gasteiger partial charge in [-0.3, -0.25) is 0 Å². The van der Waals surface area contributed by atoms with E-state index >= 15 is 0 Å². The van der Waals surface area contributed by atoms with Crippen LogP contribution in [-0.4, -0.2) is 33.4 Å². The first-order valence-corrected chi connectivity index (χ1v) is 7.93. The molecule has 0 heterocycles. The molecule has 20 heavy (non-hydrogen) atoms. The quantitative estimate of drug-likeness (QED) is 0.692. The molecule has 1 aromatic carbocycles. The Morgan fingerprint density at radius 2 is 2.00 bits per heavy atom. The fourth-order valence-corrected chi connectivity index (χ4v) is 2.51. The van der Waals surface area contributed by atoms with Gasteiger partial charge in [-0.25, -0.2) is 0 Å². The number of hydrogen-bond donors (Lipinski definition) is 1. The van der Waals surface area contributed by atoms with Gasteiger partial charge < -0.3 is 14.8 Å². The third-order valence-corrected chi connectivity index (χ3v) is 3.87. The summed E-state index contributed by atoms with van der Waals surface area (Å²) in [6, 6.07) is 6.24. The van der Waals surface area contributed by atoms with E-state index in [0.29, 0.717) is 6.61 Å². The van der Waals surface area contributed by atoms with Crippen molar-refractivity contribution in [3.8, 4) is 5.75 Å². The Bertz CT molecular complexity index is 407. The highest BCUT2D eigenvalue weighted by Gasteiger charge is 2.24. The van der Waals surface area contributed by atoms with E-state index in [4.69, 9.17) is 9.47 Å². The Morgan fingerprint density at radius 1 is 1.25 bits per heavy atom. The largest absolute Gasteiger partial charge is 0.494 e. The first-order chi connectivity index (χ1) is 9.51. The summed E-state index contributed by atoms with van der Waals surface area (Å²) in [4.78, 5) is 0. The van der Waals surface area contributed by atoms with Gasteiger partial charge in [-0.05, 0) is 43.5 Å². The van der Waals surface area contributed by atoms with Crippen molar-refractivity contribution in [2.24, 2.45) is 0 Å². The van der Waals surface area contributed by atoms with E-state index in [2.05, 4.69) is 41.2 Å². The molecule has 0 aliphatic heterocycles. The van der Waals surface area contributed by atoms with Crippen LogP contribution in [0.1, 0.15) is 32.8 Å². The summed E-state index contributed by atoms with van der Waals surface area (Å²) >= 11 is 3.55. The van der Waals surface area contributed by atoms with Crippen LogP contribution in [0.15, 0.2) is 22.7 Å². The van der Waals surface area contributed by atoms with Crippen molar-refractivity contribution >= 4 is 15.9 Å². The third kappa shape index (κ3) is 5.43.